The van der Waals surface area contributed by atoms with Crippen LogP contribution in [0.2, 0.25) is 0 Å². The number of halogens is 1. The molecule has 1 aliphatic rings. The fourth-order valence-corrected chi connectivity index (χ4v) is 2.93. The first-order chi connectivity index (χ1) is 8.41. The van der Waals surface area contributed by atoms with Crippen LogP contribution < -0.4 is 5.73 Å². The van der Waals surface area contributed by atoms with Gasteiger partial charge >= 0.3 is 0 Å². The molecule has 0 saturated carbocycles. The van der Waals surface area contributed by atoms with Gasteiger partial charge in [0.2, 0.25) is 0 Å². The minimum atomic E-state index is 0. The maximum Gasteiger partial charge on any atom is 0.255 e. The normalized spacial score (nSPS) is 18.8. The fraction of sp³-hybridized carbons (Fsp3) is 0.643. The number of hydrogen-bond acceptors (Lipinski definition) is 2. The Balaban J connectivity index is 0.00000180. The highest BCUT2D eigenvalue weighted by molar-refractivity contribution is 5.96. The summed E-state index contributed by atoms with van der Waals surface area (Å²) in [6, 6.07) is 2.52. The van der Waals surface area contributed by atoms with Crippen molar-refractivity contribution in [2.75, 3.05) is 13.1 Å². The molecule has 0 unspecified atom stereocenters. The average Bonchev–Trinajstić information content (AvgIpc) is 2.82. The number of amides is 1. The van der Waals surface area contributed by atoms with Gasteiger partial charge in [0.25, 0.3) is 5.91 Å². The van der Waals surface area contributed by atoms with Crippen molar-refractivity contribution >= 4 is 18.3 Å². The van der Waals surface area contributed by atoms with Gasteiger partial charge in [-0.1, -0.05) is 0 Å². The minimum absolute atomic E-state index is 0. The lowest BCUT2D eigenvalue weighted by Gasteiger charge is -2.17. The highest BCUT2D eigenvalue weighted by atomic mass is 35.5. The van der Waals surface area contributed by atoms with Gasteiger partial charge in [-0.15, -0.1) is 12.4 Å². The van der Waals surface area contributed by atoms with Gasteiger partial charge in [0, 0.05) is 36.6 Å². The Hall–Kier alpha value is -1.000. The van der Waals surface area contributed by atoms with E-state index in [0.29, 0.717) is 12.6 Å². The molecule has 0 spiro atoms. The third kappa shape index (κ3) is 2.95. The molecular weight excluding hydrogens is 262 g/mol. The number of rotatable bonds is 2. The second-order valence-corrected chi connectivity index (χ2v) is 5.55. The van der Waals surface area contributed by atoms with Crippen LogP contribution in [0.3, 0.4) is 0 Å². The number of carbonyl (C=O) groups excluding carboxylic acids is 1. The molecule has 1 aromatic heterocycles. The molecule has 2 rings (SSSR count). The molecule has 1 amide bonds. The molecule has 0 aromatic carbocycles. The summed E-state index contributed by atoms with van der Waals surface area (Å²) < 4.78 is 2.21. The molecule has 0 radical (unpaired) electrons. The molecule has 5 heteroatoms. The lowest BCUT2D eigenvalue weighted by atomic mass is 10.2. The van der Waals surface area contributed by atoms with E-state index < -0.39 is 0 Å². The van der Waals surface area contributed by atoms with Gasteiger partial charge in [0.15, 0.2) is 0 Å². The Labute approximate surface area is 121 Å². The highest BCUT2D eigenvalue weighted by Crippen LogP contribution is 2.22. The Kier molecular flexibility index (Phi) is 5.04. The average molecular weight is 286 g/mol. The van der Waals surface area contributed by atoms with Crippen molar-refractivity contribution in [3.05, 3.63) is 23.0 Å². The molecule has 2 heterocycles. The van der Waals surface area contributed by atoms with Gasteiger partial charge in [0.05, 0.1) is 5.56 Å². The van der Waals surface area contributed by atoms with E-state index in [4.69, 9.17) is 5.73 Å². The lowest BCUT2D eigenvalue weighted by Crippen LogP contribution is -2.32. The first kappa shape index (κ1) is 16.1. The van der Waals surface area contributed by atoms with Crippen LogP contribution in [0.4, 0.5) is 0 Å². The van der Waals surface area contributed by atoms with Gasteiger partial charge in [-0.25, -0.2) is 0 Å². The van der Waals surface area contributed by atoms with Gasteiger partial charge < -0.3 is 15.2 Å². The van der Waals surface area contributed by atoms with E-state index in [1.807, 2.05) is 17.9 Å². The summed E-state index contributed by atoms with van der Waals surface area (Å²) in [6.45, 7) is 9.82. The predicted molar refractivity (Wildman–Crippen MR) is 80.0 cm³/mol. The van der Waals surface area contributed by atoms with Crippen LogP contribution in [0.25, 0.3) is 0 Å². The zero-order valence-electron chi connectivity index (χ0n) is 12.1. The van der Waals surface area contributed by atoms with Crippen molar-refractivity contribution < 1.29 is 4.79 Å². The Morgan fingerprint density at radius 3 is 2.47 bits per heavy atom. The van der Waals surface area contributed by atoms with Gasteiger partial charge in [-0.05, 0) is 40.2 Å². The van der Waals surface area contributed by atoms with Crippen molar-refractivity contribution in [3.8, 4) is 0 Å². The Morgan fingerprint density at radius 1 is 1.42 bits per heavy atom. The molecule has 0 aliphatic carbocycles. The molecule has 0 bridgehead atoms. The fourth-order valence-electron chi connectivity index (χ4n) is 2.93. The van der Waals surface area contributed by atoms with Crippen LogP contribution in [0.1, 0.15) is 48.1 Å². The molecule has 1 saturated heterocycles. The summed E-state index contributed by atoms with van der Waals surface area (Å²) in [5.41, 5.74) is 8.90. The van der Waals surface area contributed by atoms with Crippen LogP contribution >= 0.6 is 12.4 Å². The van der Waals surface area contributed by atoms with E-state index >= 15 is 0 Å². The summed E-state index contributed by atoms with van der Waals surface area (Å²) in [7, 11) is 0. The van der Waals surface area contributed by atoms with E-state index in [9.17, 15) is 4.79 Å². The van der Waals surface area contributed by atoms with Gasteiger partial charge in [-0.2, -0.15) is 0 Å². The van der Waals surface area contributed by atoms with E-state index in [2.05, 4.69) is 25.3 Å². The highest BCUT2D eigenvalue weighted by Gasteiger charge is 2.27. The summed E-state index contributed by atoms with van der Waals surface area (Å²) in [5, 5.41) is 0. The van der Waals surface area contributed by atoms with Crippen LogP contribution in [0.5, 0.6) is 0 Å². The lowest BCUT2D eigenvalue weighted by molar-refractivity contribution is 0.0790. The largest absolute Gasteiger partial charge is 0.346 e. The second kappa shape index (κ2) is 5.97. The summed E-state index contributed by atoms with van der Waals surface area (Å²) >= 11 is 0. The number of likely N-dealkylation sites (tertiary alicyclic amines) is 1. The summed E-state index contributed by atoms with van der Waals surface area (Å²) in [5.74, 6) is 0.128. The zero-order valence-corrected chi connectivity index (χ0v) is 13.0. The van der Waals surface area contributed by atoms with E-state index in [1.54, 1.807) is 0 Å². The SMILES string of the molecule is Cc1cc(C(=O)N2CC[C@@H](N)C2)c(C)n1C(C)C.Cl. The van der Waals surface area contributed by atoms with Crippen LogP contribution in [0, 0.1) is 13.8 Å². The standard InChI is InChI=1S/C14H23N3O.ClH/c1-9(2)17-10(3)7-13(11(17)4)14(18)16-6-5-12(15)8-16;/h7,9,12H,5-6,8,15H2,1-4H3;1H/t12-;/m1./s1. The smallest absolute Gasteiger partial charge is 0.255 e. The van der Waals surface area contributed by atoms with Crippen molar-refractivity contribution in [2.45, 2.75) is 46.2 Å². The molecule has 2 N–H and O–H groups in total. The third-order valence-corrected chi connectivity index (χ3v) is 3.74. The topological polar surface area (TPSA) is 51.3 Å². The number of carbonyl (C=O) groups is 1. The van der Waals surface area contributed by atoms with Crippen molar-refractivity contribution in [1.82, 2.24) is 9.47 Å². The number of nitrogens with zero attached hydrogens (tertiary/aromatic N) is 2. The van der Waals surface area contributed by atoms with Gasteiger partial charge in [0.1, 0.15) is 0 Å². The molecule has 19 heavy (non-hydrogen) atoms. The van der Waals surface area contributed by atoms with E-state index in [0.717, 1.165) is 29.9 Å². The first-order valence-corrected chi connectivity index (χ1v) is 6.65. The molecule has 1 aromatic rings. The first-order valence-electron chi connectivity index (χ1n) is 6.65. The van der Waals surface area contributed by atoms with Crippen molar-refractivity contribution in [2.24, 2.45) is 5.73 Å². The Bertz CT molecular complexity index is 468. The van der Waals surface area contributed by atoms with Crippen LogP contribution in [-0.2, 0) is 0 Å². The minimum Gasteiger partial charge on any atom is -0.346 e. The van der Waals surface area contributed by atoms with Crippen LogP contribution in [-0.4, -0.2) is 34.5 Å². The van der Waals surface area contributed by atoms with Crippen molar-refractivity contribution in [1.29, 1.82) is 0 Å². The molecule has 1 atom stereocenters. The van der Waals surface area contributed by atoms with E-state index in [-0.39, 0.29) is 24.4 Å². The van der Waals surface area contributed by atoms with Gasteiger partial charge in [-0.3, -0.25) is 4.79 Å². The zero-order chi connectivity index (χ0) is 13.4. The molecule has 1 fully saturated rings. The summed E-state index contributed by atoms with van der Waals surface area (Å²) in [4.78, 5) is 14.3. The number of nitrogens with two attached hydrogens (primary N) is 1. The number of aromatic nitrogens is 1. The predicted octanol–water partition coefficient (Wildman–Crippen LogP) is 2.28. The second-order valence-electron chi connectivity index (χ2n) is 5.55. The molecule has 1 aliphatic heterocycles. The maximum atomic E-state index is 12.5. The van der Waals surface area contributed by atoms with E-state index in [1.165, 1.54) is 0 Å². The molecule has 108 valence electrons. The summed E-state index contributed by atoms with van der Waals surface area (Å²) in [6.07, 6.45) is 0.911. The molecular formula is C14H24ClN3O. The number of aryl methyl sites for hydroxylation is 1. The number of hydrogen-bond donors (Lipinski definition) is 1. The van der Waals surface area contributed by atoms with Crippen molar-refractivity contribution in [3.63, 3.8) is 0 Å². The quantitative estimate of drug-likeness (QED) is 0.906. The third-order valence-electron chi connectivity index (χ3n) is 3.74. The Morgan fingerprint density at radius 2 is 2.05 bits per heavy atom. The molecule has 4 nitrogen and oxygen atoms in total. The van der Waals surface area contributed by atoms with Crippen LogP contribution in [0.15, 0.2) is 6.07 Å². The maximum absolute atomic E-state index is 12.5. The monoisotopic (exact) mass is 285 g/mol.